The maximum atomic E-state index is 11.0. The van der Waals surface area contributed by atoms with Gasteiger partial charge in [0, 0.05) is 0 Å². The van der Waals surface area contributed by atoms with E-state index in [1.54, 1.807) is 19.1 Å². The smallest absolute Gasteiger partial charge is 0.336 e. The Labute approximate surface area is 88.3 Å². The van der Waals surface area contributed by atoms with Crippen LogP contribution in [0.15, 0.2) is 42.3 Å². The molecular formula is C11H13NO3. The van der Waals surface area contributed by atoms with Gasteiger partial charge in [0.05, 0.1) is 12.7 Å². The number of hydrogen-bond acceptors (Lipinski definition) is 4. The molecule has 0 fully saturated rings. The molecule has 0 bridgehead atoms. The van der Waals surface area contributed by atoms with Crippen molar-refractivity contribution in [1.82, 2.24) is 0 Å². The minimum atomic E-state index is -0.508. The van der Waals surface area contributed by atoms with Crippen molar-refractivity contribution in [2.45, 2.75) is 6.92 Å². The van der Waals surface area contributed by atoms with E-state index in [1.807, 2.05) is 18.2 Å². The molecular weight excluding hydrogens is 194 g/mol. The largest absolute Gasteiger partial charge is 0.463 e. The predicted octanol–water partition coefficient (Wildman–Crippen LogP) is 1.43. The molecule has 0 radical (unpaired) electrons. The van der Waals surface area contributed by atoms with E-state index in [0.29, 0.717) is 12.4 Å². The number of nitrogens with two attached hydrogens (primary N) is 1. The molecule has 0 aliphatic heterocycles. The molecule has 4 heteroatoms. The first kappa shape index (κ1) is 11.1. The van der Waals surface area contributed by atoms with Gasteiger partial charge in [0.25, 0.3) is 0 Å². The van der Waals surface area contributed by atoms with E-state index >= 15 is 0 Å². The molecule has 1 aromatic carbocycles. The molecule has 0 saturated carbocycles. The summed E-state index contributed by atoms with van der Waals surface area (Å²) < 4.78 is 9.84. The Hall–Kier alpha value is -1.97. The minimum absolute atomic E-state index is 0.0136. The molecule has 2 N–H and O–H groups in total. The van der Waals surface area contributed by atoms with Crippen LogP contribution in [0.2, 0.25) is 0 Å². The molecule has 0 aromatic heterocycles. The summed E-state index contributed by atoms with van der Waals surface area (Å²) in [4.78, 5) is 11.0. The zero-order valence-electron chi connectivity index (χ0n) is 8.47. The normalized spacial score (nSPS) is 10.9. The van der Waals surface area contributed by atoms with Crippen molar-refractivity contribution in [3.05, 3.63) is 42.3 Å². The third-order valence-corrected chi connectivity index (χ3v) is 1.53. The van der Waals surface area contributed by atoms with Crippen molar-refractivity contribution in [2.24, 2.45) is 5.73 Å². The first-order valence-electron chi connectivity index (χ1n) is 4.59. The summed E-state index contributed by atoms with van der Waals surface area (Å²) in [6.45, 7) is 2.04. The number of benzene rings is 1. The Morgan fingerprint density at radius 1 is 1.40 bits per heavy atom. The minimum Gasteiger partial charge on any atom is -0.463 e. The second kappa shape index (κ2) is 5.70. The van der Waals surface area contributed by atoms with Gasteiger partial charge in [-0.2, -0.15) is 0 Å². The fourth-order valence-corrected chi connectivity index (χ4v) is 0.954. The van der Waals surface area contributed by atoms with Crippen molar-refractivity contribution in [1.29, 1.82) is 0 Å². The van der Waals surface area contributed by atoms with Gasteiger partial charge >= 0.3 is 5.97 Å². The van der Waals surface area contributed by atoms with Gasteiger partial charge in [0.2, 0.25) is 0 Å². The van der Waals surface area contributed by atoms with Gasteiger partial charge in [-0.3, -0.25) is 0 Å². The third kappa shape index (κ3) is 4.17. The van der Waals surface area contributed by atoms with E-state index < -0.39 is 5.97 Å². The number of carbonyl (C=O) groups is 1. The van der Waals surface area contributed by atoms with Crippen LogP contribution in [-0.4, -0.2) is 12.6 Å². The fraction of sp³-hybridized carbons (Fsp3) is 0.182. The molecule has 0 spiro atoms. The van der Waals surface area contributed by atoms with Crippen LogP contribution in [0.5, 0.6) is 5.75 Å². The number of para-hydroxylation sites is 1. The maximum absolute atomic E-state index is 11.0. The molecule has 80 valence electrons. The SMILES string of the molecule is CCOC(=O)/C=C(/N)Oc1ccccc1. The molecule has 0 heterocycles. The number of carbonyl (C=O) groups excluding carboxylic acids is 1. The second-order valence-electron chi connectivity index (χ2n) is 2.71. The van der Waals surface area contributed by atoms with Crippen LogP contribution in [-0.2, 0) is 9.53 Å². The fourth-order valence-electron chi connectivity index (χ4n) is 0.954. The van der Waals surface area contributed by atoms with Crippen LogP contribution in [0.25, 0.3) is 0 Å². The van der Waals surface area contributed by atoms with E-state index in [0.717, 1.165) is 6.08 Å². The molecule has 0 amide bonds. The van der Waals surface area contributed by atoms with Gasteiger partial charge in [-0.25, -0.2) is 4.79 Å². The van der Waals surface area contributed by atoms with Gasteiger partial charge in [0.1, 0.15) is 5.75 Å². The average molecular weight is 207 g/mol. The molecule has 4 nitrogen and oxygen atoms in total. The number of esters is 1. The summed E-state index contributed by atoms with van der Waals surface area (Å²) in [6, 6.07) is 8.97. The van der Waals surface area contributed by atoms with E-state index in [9.17, 15) is 4.79 Å². The van der Waals surface area contributed by atoms with Gasteiger partial charge in [-0.15, -0.1) is 0 Å². The first-order chi connectivity index (χ1) is 7.22. The zero-order chi connectivity index (χ0) is 11.1. The average Bonchev–Trinajstić information content (AvgIpc) is 2.19. The van der Waals surface area contributed by atoms with Gasteiger partial charge < -0.3 is 15.2 Å². The Kier molecular flexibility index (Phi) is 4.22. The summed E-state index contributed by atoms with van der Waals surface area (Å²) >= 11 is 0. The Bertz CT molecular complexity index is 346. The maximum Gasteiger partial charge on any atom is 0.336 e. The quantitative estimate of drug-likeness (QED) is 0.461. The van der Waals surface area contributed by atoms with Crippen molar-refractivity contribution in [3.8, 4) is 5.75 Å². The lowest BCUT2D eigenvalue weighted by Gasteiger charge is -2.04. The van der Waals surface area contributed by atoms with Crippen LogP contribution >= 0.6 is 0 Å². The predicted molar refractivity (Wildman–Crippen MR) is 56.0 cm³/mol. The van der Waals surface area contributed by atoms with Crippen LogP contribution < -0.4 is 10.5 Å². The highest BCUT2D eigenvalue weighted by Gasteiger charge is 2.00. The highest BCUT2D eigenvalue weighted by atomic mass is 16.5. The van der Waals surface area contributed by atoms with E-state index in [-0.39, 0.29) is 5.88 Å². The topological polar surface area (TPSA) is 61.5 Å². The Morgan fingerprint density at radius 3 is 2.67 bits per heavy atom. The summed E-state index contributed by atoms with van der Waals surface area (Å²) in [7, 11) is 0. The zero-order valence-corrected chi connectivity index (χ0v) is 8.47. The van der Waals surface area contributed by atoms with Gasteiger partial charge in [-0.1, -0.05) is 18.2 Å². The molecule has 1 rings (SSSR count). The standard InChI is InChI=1S/C11H13NO3/c1-2-14-11(13)8-10(12)15-9-6-4-3-5-7-9/h3-8H,2,12H2,1H3/b10-8-. The number of hydrogen-bond donors (Lipinski definition) is 1. The lowest BCUT2D eigenvalue weighted by Crippen LogP contribution is -2.10. The highest BCUT2D eigenvalue weighted by molar-refractivity contribution is 5.82. The van der Waals surface area contributed by atoms with Crippen molar-refractivity contribution in [2.75, 3.05) is 6.61 Å². The van der Waals surface area contributed by atoms with Gasteiger partial charge in [-0.05, 0) is 19.1 Å². The summed E-state index contributed by atoms with van der Waals surface area (Å²) in [5.74, 6) is 0.0844. The highest BCUT2D eigenvalue weighted by Crippen LogP contribution is 2.10. The van der Waals surface area contributed by atoms with E-state index in [1.165, 1.54) is 0 Å². The van der Waals surface area contributed by atoms with Crippen LogP contribution in [0.4, 0.5) is 0 Å². The Morgan fingerprint density at radius 2 is 2.07 bits per heavy atom. The van der Waals surface area contributed by atoms with Crippen molar-refractivity contribution in [3.63, 3.8) is 0 Å². The number of rotatable bonds is 4. The summed E-state index contributed by atoms with van der Waals surface area (Å²) in [5, 5.41) is 0. The molecule has 0 aliphatic carbocycles. The molecule has 1 aromatic rings. The molecule has 0 saturated heterocycles. The van der Waals surface area contributed by atoms with Gasteiger partial charge in [0.15, 0.2) is 5.88 Å². The van der Waals surface area contributed by atoms with Crippen LogP contribution in [0, 0.1) is 0 Å². The molecule has 0 atom stereocenters. The Balaban J connectivity index is 2.55. The lowest BCUT2D eigenvalue weighted by atomic mass is 10.3. The summed E-state index contributed by atoms with van der Waals surface area (Å²) in [6.07, 6.45) is 1.11. The van der Waals surface area contributed by atoms with Crippen molar-refractivity contribution < 1.29 is 14.3 Å². The van der Waals surface area contributed by atoms with Crippen LogP contribution in [0.3, 0.4) is 0 Å². The molecule has 0 aliphatic rings. The third-order valence-electron chi connectivity index (χ3n) is 1.53. The molecule has 0 unspecified atom stereocenters. The molecule has 15 heavy (non-hydrogen) atoms. The first-order valence-corrected chi connectivity index (χ1v) is 4.59. The second-order valence-corrected chi connectivity index (χ2v) is 2.71. The number of ether oxygens (including phenoxy) is 2. The van der Waals surface area contributed by atoms with Crippen molar-refractivity contribution >= 4 is 5.97 Å². The monoisotopic (exact) mass is 207 g/mol. The van der Waals surface area contributed by atoms with Crippen LogP contribution in [0.1, 0.15) is 6.92 Å². The summed E-state index contributed by atoms with van der Waals surface area (Å²) in [5.41, 5.74) is 5.47. The van der Waals surface area contributed by atoms with E-state index in [2.05, 4.69) is 4.74 Å². The van der Waals surface area contributed by atoms with E-state index in [4.69, 9.17) is 10.5 Å². The lowest BCUT2D eigenvalue weighted by molar-refractivity contribution is -0.137.